The molecule has 0 radical (unpaired) electrons. The molecule has 13 heteroatoms. The molecule has 7 nitrogen and oxygen atoms in total. The Kier molecular flexibility index (Phi) is 18.6. The summed E-state index contributed by atoms with van der Waals surface area (Å²) in [4.78, 5) is 37.3. The van der Waals surface area contributed by atoms with Gasteiger partial charge >= 0.3 is 17.9 Å². The van der Waals surface area contributed by atoms with E-state index in [2.05, 4.69) is 0 Å². The van der Waals surface area contributed by atoms with E-state index in [1.807, 2.05) is 64.8 Å². The van der Waals surface area contributed by atoms with Gasteiger partial charge in [-0.2, -0.15) is 0 Å². The van der Waals surface area contributed by atoms with Gasteiger partial charge in [0.25, 0.3) is 0 Å². The van der Waals surface area contributed by atoms with Crippen molar-refractivity contribution < 1.29 is 28.6 Å². The number of rotatable bonds is 21. The Morgan fingerprint density at radius 1 is 0.561 bits per heavy atom. The molecule has 2 N–H and O–H groups in total. The molecule has 0 aromatic heterocycles. The summed E-state index contributed by atoms with van der Waals surface area (Å²) >= 11 is 0. The average Bonchev–Trinajstić information content (AvgIpc) is 3.77. The smallest absolute Gasteiger partial charge is 0.305 e. The number of ether oxygens (including phenoxy) is 3. The summed E-state index contributed by atoms with van der Waals surface area (Å²) in [5.74, 6) is 2.67. The standard InChI is InChI=1S/C28H47NO6S6/c29-28(19-33-25(30)10-4-1-7-22-13-16-36-39-22,20-34-26(31)11-5-2-8-23-14-17-37-40-23)21-35-27(32)12-6-3-9-24-15-18-38-41-24/h22-24H,1-21,29H2. The van der Waals surface area contributed by atoms with E-state index in [0.717, 1.165) is 57.8 Å². The fourth-order valence-electron chi connectivity index (χ4n) is 4.63. The van der Waals surface area contributed by atoms with Gasteiger partial charge < -0.3 is 19.9 Å². The average molecular weight is 686 g/mol. The summed E-state index contributed by atoms with van der Waals surface area (Å²) in [6.45, 7) is -0.474. The molecule has 41 heavy (non-hydrogen) atoms. The zero-order valence-electron chi connectivity index (χ0n) is 24.1. The number of nitrogens with two attached hydrogens (primary N) is 1. The number of esters is 3. The Morgan fingerprint density at radius 2 is 0.878 bits per heavy atom. The highest BCUT2D eigenvalue weighted by Crippen LogP contribution is 2.41. The van der Waals surface area contributed by atoms with Crippen molar-refractivity contribution in [2.24, 2.45) is 5.73 Å². The second kappa shape index (κ2) is 21.2. The van der Waals surface area contributed by atoms with Gasteiger partial charge in [-0.25, -0.2) is 0 Å². The molecule has 3 unspecified atom stereocenters. The first-order valence-corrected chi connectivity index (χ1v) is 22.2. The monoisotopic (exact) mass is 685 g/mol. The van der Waals surface area contributed by atoms with Crippen LogP contribution in [0, 0.1) is 0 Å². The van der Waals surface area contributed by atoms with E-state index in [9.17, 15) is 14.4 Å². The molecule has 3 rings (SSSR count). The molecule has 3 atom stereocenters. The summed E-state index contributed by atoms with van der Waals surface area (Å²) < 4.78 is 16.5. The zero-order chi connectivity index (χ0) is 29.2. The summed E-state index contributed by atoms with van der Waals surface area (Å²) in [6, 6.07) is 0. The van der Waals surface area contributed by atoms with E-state index in [1.165, 1.54) is 36.5 Å². The normalized spacial score (nSPS) is 23.8. The van der Waals surface area contributed by atoms with Gasteiger partial charge in [-0.15, -0.1) is 0 Å². The number of carbonyl (C=O) groups excluding carboxylic acids is 3. The molecule has 0 spiro atoms. The highest BCUT2D eigenvalue weighted by molar-refractivity contribution is 8.78. The molecule has 3 aliphatic rings. The van der Waals surface area contributed by atoms with Crippen LogP contribution in [0.1, 0.15) is 96.3 Å². The van der Waals surface area contributed by atoms with Crippen LogP contribution in [0.5, 0.6) is 0 Å². The van der Waals surface area contributed by atoms with Crippen molar-refractivity contribution in [3.05, 3.63) is 0 Å². The third-order valence-corrected chi connectivity index (χ3v) is 16.2. The van der Waals surface area contributed by atoms with Gasteiger partial charge in [0, 0.05) is 52.3 Å². The Bertz CT molecular complexity index is 677. The second-order valence-electron chi connectivity index (χ2n) is 11.1. The molecule has 0 aromatic carbocycles. The number of unbranched alkanes of at least 4 members (excludes halogenated alkanes) is 3. The first kappa shape index (κ1) is 35.9. The highest BCUT2D eigenvalue weighted by atomic mass is 33.1. The van der Waals surface area contributed by atoms with Crippen LogP contribution in [0.4, 0.5) is 0 Å². The first-order valence-electron chi connectivity index (χ1n) is 15.0. The van der Waals surface area contributed by atoms with Gasteiger partial charge in [-0.1, -0.05) is 84.0 Å². The van der Waals surface area contributed by atoms with E-state index >= 15 is 0 Å². The van der Waals surface area contributed by atoms with E-state index in [0.29, 0.717) is 35.0 Å². The van der Waals surface area contributed by atoms with Gasteiger partial charge in [0.05, 0.1) is 0 Å². The van der Waals surface area contributed by atoms with Crippen molar-refractivity contribution in [3.63, 3.8) is 0 Å². The molecular formula is C28H47NO6S6. The van der Waals surface area contributed by atoms with Gasteiger partial charge in [-0.3, -0.25) is 14.4 Å². The van der Waals surface area contributed by atoms with Crippen molar-refractivity contribution in [2.45, 2.75) is 118 Å². The quantitative estimate of drug-likeness (QED) is 0.0560. The van der Waals surface area contributed by atoms with Crippen molar-refractivity contribution in [1.29, 1.82) is 0 Å². The van der Waals surface area contributed by atoms with Gasteiger partial charge in [0.1, 0.15) is 25.4 Å². The zero-order valence-corrected chi connectivity index (χ0v) is 29.0. The van der Waals surface area contributed by atoms with E-state index in [-0.39, 0.29) is 37.7 Å². The van der Waals surface area contributed by atoms with Gasteiger partial charge in [0.2, 0.25) is 0 Å². The van der Waals surface area contributed by atoms with Crippen molar-refractivity contribution in [1.82, 2.24) is 0 Å². The predicted molar refractivity (Wildman–Crippen MR) is 181 cm³/mol. The molecule has 3 aliphatic heterocycles. The topological polar surface area (TPSA) is 105 Å². The third-order valence-electron chi connectivity index (χ3n) is 7.21. The summed E-state index contributed by atoms with van der Waals surface area (Å²) in [5, 5.41) is 2.08. The molecule has 0 aliphatic carbocycles. The molecule has 0 saturated carbocycles. The lowest BCUT2D eigenvalue weighted by molar-refractivity contribution is -0.155. The highest BCUT2D eigenvalue weighted by Gasteiger charge is 2.31. The van der Waals surface area contributed by atoms with Crippen LogP contribution in [-0.4, -0.2) is 76.3 Å². The minimum atomic E-state index is -1.27. The summed E-state index contributed by atoms with van der Waals surface area (Å²) in [6.07, 6.45) is 13.4. The van der Waals surface area contributed by atoms with Crippen LogP contribution in [0.2, 0.25) is 0 Å². The molecule has 236 valence electrons. The molecular weight excluding hydrogens is 639 g/mol. The number of hydrogen-bond donors (Lipinski definition) is 1. The van der Waals surface area contributed by atoms with Crippen molar-refractivity contribution in [2.75, 3.05) is 37.1 Å². The van der Waals surface area contributed by atoms with Crippen LogP contribution < -0.4 is 5.73 Å². The molecule has 0 bridgehead atoms. The lowest BCUT2D eigenvalue weighted by Crippen LogP contribution is -2.54. The van der Waals surface area contributed by atoms with Crippen molar-refractivity contribution in [3.8, 4) is 0 Å². The lowest BCUT2D eigenvalue weighted by Gasteiger charge is -2.28. The number of hydrogen-bond acceptors (Lipinski definition) is 13. The largest absolute Gasteiger partial charge is 0.463 e. The van der Waals surface area contributed by atoms with Gasteiger partial charge in [0.15, 0.2) is 0 Å². The SMILES string of the molecule is NC(COC(=O)CCCCC1CCSS1)(COC(=O)CCCCC1CCSS1)COC(=O)CCCCC1CCSS1. The van der Waals surface area contributed by atoms with Crippen LogP contribution in [-0.2, 0) is 28.6 Å². The first-order chi connectivity index (χ1) is 19.9. The summed E-state index contributed by atoms with van der Waals surface area (Å²) in [5.41, 5.74) is 5.24. The Balaban J connectivity index is 1.35. The Morgan fingerprint density at radius 3 is 1.15 bits per heavy atom. The third kappa shape index (κ3) is 16.4. The van der Waals surface area contributed by atoms with Crippen LogP contribution in [0.15, 0.2) is 0 Å². The second-order valence-corrected chi connectivity index (χ2v) is 19.4. The minimum absolute atomic E-state index is 0.158. The number of carbonyl (C=O) groups is 3. The van der Waals surface area contributed by atoms with Gasteiger partial charge in [-0.05, 0) is 57.8 Å². The molecule has 3 fully saturated rings. The van der Waals surface area contributed by atoms with Crippen LogP contribution in [0.25, 0.3) is 0 Å². The fourth-order valence-corrected chi connectivity index (χ4v) is 13.7. The molecule has 0 aromatic rings. The maximum Gasteiger partial charge on any atom is 0.305 e. The Hall–Kier alpha value is 0.470. The van der Waals surface area contributed by atoms with E-state index < -0.39 is 5.54 Å². The molecule has 0 amide bonds. The lowest BCUT2D eigenvalue weighted by atomic mass is 10.1. The van der Waals surface area contributed by atoms with Crippen LogP contribution >= 0.6 is 64.8 Å². The minimum Gasteiger partial charge on any atom is -0.463 e. The maximum absolute atomic E-state index is 12.4. The molecule has 3 heterocycles. The Labute approximate surface area is 270 Å². The van der Waals surface area contributed by atoms with Crippen LogP contribution in [0.3, 0.4) is 0 Å². The van der Waals surface area contributed by atoms with E-state index in [1.54, 1.807) is 0 Å². The van der Waals surface area contributed by atoms with E-state index in [4.69, 9.17) is 19.9 Å². The van der Waals surface area contributed by atoms with Crippen molar-refractivity contribution >= 4 is 82.7 Å². The fraction of sp³-hybridized carbons (Fsp3) is 0.893. The summed E-state index contributed by atoms with van der Waals surface area (Å²) in [7, 11) is 11.6. The predicted octanol–water partition coefficient (Wildman–Crippen LogP) is 7.46. The molecule has 3 saturated heterocycles. The maximum atomic E-state index is 12.4.